The maximum atomic E-state index is 13.5. The van der Waals surface area contributed by atoms with E-state index in [0.717, 1.165) is 11.1 Å². The normalized spacial score (nSPS) is 10.4. The van der Waals surface area contributed by atoms with Crippen LogP contribution in [0.15, 0.2) is 41.0 Å². The van der Waals surface area contributed by atoms with Gasteiger partial charge in [-0.1, -0.05) is 24.3 Å². The first-order chi connectivity index (χ1) is 8.69. The fourth-order valence-corrected chi connectivity index (χ4v) is 2.02. The Morgan fingerprint density at radius 3 is 2.78 bits per heavy atom. The molecule has 1 aromatic carbocycles. The Kier molecular flexibility index (Phi) is 4.55. The topological polar surface area (TPSA) is 24.9 Å². The summed E-state index contributed by atoms with van der Waals surface area (Å²) in [5, 5.41) is 2.96. The second kappa shape index (κ2) is 6.16. The molecule has 0 unspecified atom stereocenters. The molecule has 5 heteroatoms. The van der Waals surface area contributed by atoms with Crippen molar-refractivity contribution >= 4 is 33.3 Å². The molecule has 2 nitrogen and oxygen atoms in total. The van der Waals surface area contributed by atoms with Crippen molar-refractivity contribution in [3.05, 3.63) is 57.9 Å². The van der Waals surface area contributed by atoms with E-state index in [1.54, 1.807) is 6.20 Å². The van der Waals surface area contributed by atoms with Crippen LogP contribution in [0.2, 0.25) is 0 Å². The van der Waals surface area contributed by atoms with E-state index in [2.05, 4.69) is 26.2 Å². The Balaban J connectivity index is 2.06. The minimum absolute atomic E-state index is 0.245. The van der Waals surface area contributed by atoms with E-state index in [1.807, 2.05) is 24.3 Å². The summed E-state index contributed by atoms with van der Waals surface area (Å²) in [6, 6.07) is 9.20. The van der Waals surface area contributed by atoms with E-state index >= 15 is 0 Å². The Labute approximate surface area is 118 Å². The minimum Gasteiger partial charge on any atom is -0.364 e. The predicted octanol–water partition coefficient (Wildman–Crippen LogP) is 4.33. The summed E-state index contributed by atoms with van der Waals surface area (Å²) in [6.07, 6.45) is 1.56. The van der Waals surface area contributed by atoms with E-state index < -0.39 is 0 Å². The number of aromatic nitrogens is 1. The molecule has 1 heterocycles. The first-order valence-electron chi connectivity index (χ1n) is 5.38. The van der Waals surface area contributed by atoms with Crippen molar-refractivity contribution in [2.24, 2.45) is 0 Å². The van der Waals surface area contributed by atoms with Crippen molar-refractivity contribution in [1.29, 1.82) is 0 Å². The van der Waals surface area contributed by atoms with Crippen LogP contribution in [0, 0.1) is 5.82 Å². The summed E-state index contributed by atoms with van der Waals surface area (Å²) in [6.45, 7) is 0.510. The molecule has 0 radical (unpaired) electrons. The number of nitrogens with one attached hydrogen (secondary N) is 1. The van der Waals surface area contributed by atoms with Crippen LogP contribution >= 0.6 is 27.5 Å². The SMILES string of the molecule is Fc1cc(Br)cnc1NCc1cccc(CCl)c1. The van der Waals surface area contributed by atoms with Gasteiger partial charge < -0.3 is 5.32 Å². The van der Waals surface area contributed by atoms with Gasteiger partial charge in [0.1, 0.15) is 0 Å². The third kappa shape index (κ3) is 3.43. The minimum atomic E-state index is -0.377. The summed E-state index contributed by atoms with van der Waals surface area (Å²) >= 11 is 8.93. The zero-order chi connectivity index (χ0) is 13.0. The number of halogens is 3. The molecule has 0 bridgehead atoms. The highest BCUT2D eigenvalue weighted by molar-refractivity contribution is 9.10. The standard InChI is InChI=1S/C13H11BrClFN2/c14-11-5-12(16)13(18-8-11)17-7-10-3-1-2-9(4-10)6-15/h1-5,8H,6-7H2,(H,17,18). The molecule has 0 saturated heterocycles. The van der Waals surface area contributed by atoms with Gasteiger partial charge in [0.25, 0.3) is 0 Å². The highest BCUT2D eigenvalue weighted by Crippen LogP contribution is 2.17. The van der Waals surface area contributed by atoms with Gasteiger partial charge in [-0.25, -0.2) is 9.37 Å². The monoisotopic (exact) mass is 328 g/mol. The summed E-state index contributed by atoms with van der Waals surface area (Å²) in [7, 11) is 0. The molecule has 1 N–H and O–H groups in total. The molecule has 2 rings (SSSR count). The van der Waals surface area contributed by atoms with Crippen molar-refractivity contribution in [3.8, 4) is 0 Å². The zero-order valence-corrected chi connectivity index (χ0v) is 11.8. The first-order valence-corrected chi connectivity index (χ1v) is 6.70. The number of nitrogens with zero attached hydrogens (tertiary/aromatic N) is 1. The molecule has 94 valence electrons. The fraction of sp³-hybridized carbons (Fsp3) is 0.154. The molecule has 0 atom stereocenters. The number of hydrogen-bond acceptors (Lipinski definition) is 2. The molecule has 0 spiro atoms. The van der Waals surface area contributed by atoms with Crippen LogP contribution in [-0.2, 0) is 12.4 Å². The second-order valence-corrected chi connectivity index (χ2v) is 4.97. The van der Waals surface area contributed by atoms with Crippen LogP contribution in [0.3, 0.4) is 0 Å². The molecule has 0 fully saturated rings. The van der Waals surface area contributed by atoms with E-state index in [-0.39, 0.29) is 11.6 Å². The number of pyridine rings is 1. The van der Waals surface area contributed by atoms with Gasteiger partial charge in [-0.05, 0) is 33.1 Å². The van der Waals surface area contributed by atoms with Gasteiger partial charge in [0.05, 0.1) is 0 Å². The smallest absolute Gasteiger partial charge is 0.166 e. The van der Waals surface area contributed by atoms with E-state index in [4.69, 9.17) is 11.6 Å². The van der Waals surface area contributed by atoms with Crippen LogP contribution in [-0.4, -0.2) is 4.98 Å². The number of alkyl halides is 1. The number of benzene rings is 1. The van der Waals surface area contributed by atoms with Crippen molar-refractivity contribution in [2.75, 3.05) is 5.32 Å². The lowest BCUT2D eigenvalue weighted by atomic mass is 10.1. The zero-order valence-electron chi connectivity index (χ0n) is 9.46. The van der Waals surface area contributed by atoms with Crippen molar-refractivity contribution < 1.29 is 4.39 Å². The maximum absolute atomic E-state index is 13.5. The summed E-state index contributed by atoms with van der Waals surface area (Å²) in [4.78, 5) is 3.98. The van der Waals surface area contributed by atoms with E-state index in [9.17, 15) is 4.39 Å². The van der Waals surface area contributed by atoms with Crippen LogP contribution in [0.5, 0.6) is 0 Å². The van der Waals surface area contributed by atoms with E-state index in [1.165, 1.54) is 6.07 Å². The van der Waals surface area contributed by atoms with Gasteiger partial charge >= 0.3 is 0 Å². The largest absolute Gasteiger partial charge is 0.364 e. The van der Waals surface area contributed by atoms with Crippen LogP contribution in [0.1, 0.15) is 11.1 Å². The molecular formula is C13H11BrClFN2. The average molecular weight is 330 g/mol. The average Bonchev–Trinajstić information content (AvgIpc) is 2.38. The van der Waals surface area contributed by atoms with Crippen molar-refractivity contribution in [1.82, 2.24) is 4.98 Å². The molecule has 0 saturated carbocycles. The molecule has 18 heavy (non-hydrogen) atoms. The maximum Gasteiger partial charge on any atom is 0.166 e. The molecular weight excluding hydrogens is 319 g/mol. The quantitative estimate of drug-likeness (QED) is 0.844. The Morgan fingerprint density at radius 2 is 2.06 bits per heavy atom. The molecule has 0 aliphatic rings. The third-order valence-corrected chi connectivity index (χ3v) is 3.16. The molecule has 0 aliphatic carbocycles. The van der Waals surface area contributed by atoms with Crippen LogP contribution < -0.4 is 5.32 Å². The lowest BCUT2D eigenvalue weighted by molar-refractivity contribution is 0.623. The molecule has 2 aromatic rings. The molecule has 0 aliphatic heterocycles. The Hall–Kier alpha value is -1.13. The fourth-order valence-electron chi connectivity index (χ4n) is 1.55. The van der Waals surface area contributed by atoms with Gasteiger partial charge in [-0.15, -0.1) is 11.6 Å². The van der Waals surface area contributed by atoms with Crippen molar-refractivity contribution in [2.45, 2.75) is 12.4 Å². The summed E-state index contributed by atoms with van der Waals surface area (Å²) < 4.78 is 14.1. The van der Waals surface area contributed by atoms with Gasteiger partial charge in [0.15, 0.2) is 11.6 Å². The van der Waals surface area contributed by atoms with Crippen molar-refractivity contribution in [3.63, 3.8) is 0 Å². The summed E-state index contributed by atoms with van der Waals surface area (Å²) in [5.74, 6) is 0.339. The van der Waals surface area contributed by atoms with Gasteiger partial charge in [-0.2, -0.15) is 0 Å². The van der Waals surface area contributed by atoms with Gasteiger partial charge in [0.2, 0.25) is 0 Å². The number of hydrogen-bond donors (Lipinski definition) is 1. The number of anilines is 1. The number of rotatable bonds is 4. The lowest BCUT2D eigenvalue weighted by Gasteiger charge is -2.07. The molecule has 1 aromatic heterocycles. The second-order valence-electron chi connectivity index (χ2n) is 3.79. The van der Waals surface area contributed by atoms with Gasteiger partial charge in [-0.3, -0.25) is 0 Å². The van der Waals surface area contributed by atoms with Gasteiger partial charge in [0, 0.05) is 23.1 Å². The van der Waals surface area contributed by atoms with Crippen LogP contribution in [0.25, 0.3) is 0 Å². The third-order valence-electron chi connectivity index (χ3n) is 2.41. The predicted molar refractivity (Wildman–Crippen MR) is 75.2 cm³/mol. The van der Waals surface area contributed by atoms with E-state index in [0.29, 0.717) is 16.9 Å². The lowest BCUT2D eigenvalue weighted by Crippen LogP contribution is -2.03. The Bertz CT molecular complexity index is 548. The van der Waals surface area contributed by atoms with Crippen LogP contribution in [0.4, 0.5) is 10.2 Å². The molecule has 0 amide bonds. The first kappa shape index (κ1) is 13.3. The summed E-state index contributed by atoms with van der Waals surface area (Å²) in [5.41, 5.74) is 2.08. The highest BCUT2D eigenvalue weighted by Gasteiger charge is 2.04. The highest BCUT2D eigenvalue weighted by atomic mass is 79.9. The Morgan fingerprint density at radius 1 is 1.28 bits per heavy atom.